The van der Waals surface area contributed by atoms with E-state index in [9.17, 15) is 17.6 Å². The highest BCUT2D eigenvalue weighted by atomic mass is 32.2. The molecule has 2 aliphatic heterocycles. The van der Waals surface area contributed by atoms with Crippen LogP contribution in [0.5, 0.6) is 0 Å². The summed E-state index contributed by atoms with van der Waals surface area (Å²) in [5.74, 6) is -0.397. The Hall–Kier alpha value is -2.45. The fourth-order valence-corrected chi connectivity index (χ4v) is 5.47. The molecule has 0 aromatic heterocycles. The van der Waals surface area contributed by atoms with Gasteiger partial charge in [0.05, 0.1) is 10.5 Å². The fourth-order valence-electron chi connectivity index (χ4n) is 4.16. The monoisotopic (exact) mass is 431 g/mol. The average Bonchev–Trinajstić information content (AvgIpc) is 3.29. The quantitative estimate of drug-likeness (QED) is 0.790. The van der Waals surface area contributed by atoms with Crippen LogP contribution in [-0.4, -0.2) is 51.4 Å². The Kier molecular flexibility index (Phi) is 6.06. The molecule has 0 unspecified atom stereocenters. The predicted octanol–water partition coefficient (Wildman–Crippen LogP) is 3.01. The smallest absolute Gasteiger partial charge is 0.255 e. The zero-order valence-electron chi connectivity index (χ0n) is 16.8. The second kappa shape index (κ2) is 8.73. The summed E-state index contributed by atoms with van der Waals surface area (Å²) in [5, 5.41) is 0. The maximum atomic E-state index is 13.1. The molecule has 2 aliphatic rings. The standard InChI is InChI=1S/C22H26FN3O3S/c23-17-7-9-19(10-8-17)30(28,29)24-18-11-15-25(16-12-18)21-6-2-1-5-20(21)22(27)26-13-3-4-14-26/h1-2,5-10,18,24H,3-4,11-16H2. The van der Waals surface area contributed by atoms with Gasteiger partial charge in [0.1, 0.15) is 5.82 Å². The summed E-state index contributed by atoms with van der Waals surface area (Å²) in [6, 6.07) is 12.3. The minimum atomic E-state index is -3.69. The SMILES string of the molecule is O=C(c1ccccc1N1CCC(NS(=O)(=O)c2ccc(F)cc2)CC1)N1CCCC1. The molecule has 2 aromatic carbocycles. The van der Waals surface area contributed by atoms with Crippen molar-refractivity contribution in [3.05, 3.63) is 59.9 Å². The molecule has 30 heavy (non-hydrogen) atoms. The number of sulfonamides is 1. The Morgan fingerprint density at radius 3 is 2.23 bits per heavy atom. The molecular weight excluding hydrogens is 405 g/mol. The summed E-state index contributed by atoms with van der Waals surface area (Å²) in [7, 11) is -3.69. The first-order valence-electron chi connectivity index (χ1n) is 10.4. The average molecular weight is 432 g/mol. The normalized spacial score (nSPS) is 18.0. The lowest BCUT2D eigenvalue weighted by Gasteiger charge is -2.35. The highest BCUT2D eigenvalue weighted by Gasteiger charge is 2.28. The van der Waals surface area contributed by atoms with Crippen LogP contribution in [-0.2, 0) is 10.0 Å². The van der Waals surface area contributed by atoms with Crippen molar-refractivity contribution in [1.29, 1.82) is 0 Å². The van der Waals surface area contributed by atoms with Crippen LogP contribution in [0.3, 0.4) is 0 Å². The van der Waals surface area contributed by atoms with E-state index in [2.05, 4.69) is 9.62 Å². The van der Waals surface area contributed by atoms with Crippen LogP contribution in [0.4, 0.5) is 10.1 Å². The van der Waals surface area contributed by atoms with Crippen molar-refractivity contribution >= 4 is 21.6 Å². The lowest BCUT2D eigenvalue weighted by Crippen LogP contribution is -2.45. The molecule has 6 nitrogen and oxygen atoms in total. The number of hydrogen-bond donors (Lipinski definition) is 1. The second-order valence-electron chi connectivity index (χ2n) is 7.85. The van der Waals surface area contributed by atoms with Crippen molar-refractivity contribution in [2.75, 3.05) is 31.1 Å². The molecule has 8 heteroatoms. The largest absolute Gasteiger partial charge is 0.371 e. The number of benzene rings is 2. The van der Waals surface area contributed by atoms with Gasteiger partial charge in [-0.25, -0.2) is 17.5 Å². The highest BCUT2D eigenvalue weighted by Crippen LogP contribution is 2.27. The number of rotatable bonds is 5. The van der Waals surface area contributed by atoms with E-state index in [1.807, 2.05) is 29.2 Å². The van der Waals surface area contributed by atoms with E-state index >= 15 is 0 Å². The topological polar surface area (TPSA) is 69.7 Å². The van der Waals surface area contributed by atoms with Gasteiger partial charge in [0.2, 0.25) is 10.0 Å². The van der Waals surface area contributed by atoms with Crippen LogP contribution in [0.2, 0.25) is 0 Å². The van der Waals surface area contributed by atoms with Gasteiger partial charge in [0.15, 0.2) is 0 Å². The van der Waals surface area contributed by atoms with Crippen LogP contribution in [0.1, 0.15) is 36.0 Å². The number of nitrogens with one attached hydrogen (secondary N) is 1. The number of anilines is 1. The van der Waals surface area contributed by atoms with Crippen molar-refractivity contribution in [1.82, 2.24) is 9.62 Å². The Labute approximate surface area is 176 Å². The summed E-state index contributed by atoms with van der Waals surface area (Å²) >= 11 is 0. The van der Waals surface area contributed by atoms with E-state index in [0.29, 0.717) is 31.5 Å². The molecule has 0 bridgehead atoms. The van der Waals surface area contributed by atoms with Gasteiger partial charge in [0, 0.05) is 37.9 Å². The van der Waals surface area contributed by atoms with Crippen molar-refractivity contribution in [2.24, 2.45) is 0 Å². The molecular formula is C22H26FN3O3S. The van der Waals surface area contributed by atoms with Crippen LogP contribution in [0.15, 0.2) is 53.4 Å². The third-order valence-corrected chi connectivity index (χ3v) is 7.35. The molecule has 2 saturated heterocycles. The van der Waals surface area contributed by atoms with Gasteiger partial charge >= 0.3 is 0 Å². The van der Waals surface area contributed by atoms with Crippen LogP contribution in [0.25, 0.3) is 0 Å². The van der Waals surface area contributed by atoms with E-state index in [1.165, 1.54) is 12.1 Å². The number of nitrogens with zero attached hydrogens (tertiary/aromatic N) is 2. The van der Waals surface area contributed by atoms with E-state index in [0.717, 1.165) is 43.8 Å². The van der Waals surface area contributed by atoms with Crippen LogP contribution >= 0.6 is 0 Å². The van der Waals surface area contributed by atoms with Gasteiger partial charge in [-0.2, -0.15) is 0 Å². The van der Waals surface area contributed by atoms with Crippen molar-refractivity contribution in [3.8, 4) is 0 Å². The number of hydrogen-bond acceptors (Lipinski definition) is 4. The molecule has 1 amide bonds. The van der Waals surface area contributed by atoms with Gasteiger partial charge in [-0.05, 0) is 62.1 Å². The van der Waals surface area contributed by atoms with Crippen LogP contribution in [0, 0.1) is 5.82 Å². The Balaban J connectivity index is 1.41. The first-order valence-corrected chi connectivity index (χ1v) is 11.8. The summed E-state index contributed by atoms with van der Waals surface area (Å²) < 4.78 is 40.9. The van der Waals surface area contributed by atoms with E-state index in [4.69, 9.17) is 0 Å². The van der Waals surface area contributed by atoms with E-state index in [1.54, 1.807) is 0 Å². The Bertz CT molecular complexity index is 997. The number of para-hydroxylation sites is 1. The molecule has 0 saturated carbocycles. The zero-order valence-corrected chi connectivity index (χ0v) is 17.6. The summed E-state index contributed by atoms with van der Waals surface area (Å²) in [5.41, 5.74) is 1.62. The number of likely N-dealkylation sites (tertiary alicyclic amines) is 1. The summed E-state index contributed by atoms with van der Waals surface area (Å²) in [4.78, 5) is 17.1. The van der Waals surface area contributed by atoms with Gasteiger partial charge in [-0.3, -0.25) is 4.79 Å². The van der Waals surface area contributed by atoms with Crippen molar-refractivity contribution in [3.63, 3.8) is 0 Å². The minimum absolute atomic E-state index is 0.0629. The molecule has 4 rings (SSSR count). The summed E-state index contributed by atoms with van der Waals surface area (Å²) in [6.45, 7) is 2.92. The number of amides is 1. The number of carbonyl (C=O) groups is 1. The lowest BCUT2D eigenvalue weighted by molar-refractivity contribution is 0.0793. The maximum Gasteiger partial charge on any atom is 0.255 e. The molecule has 0 atom stereocenters. The first-order chi connectivity index (χ1) is 14.4. The molecule has 0 spiro atoms. The Morgan fingerprint density at radius 2 is 1.57 bits per heavy atom. The van der Waals surface area contributed by atoms with E-state index < -0.39 is 15.8 Å². The van der Waals surface area contributed by atoms with Crippen molar-refractivity contribution < 1.29 is 17.6 Å². The van der Waals surface area contributed by atoms with Crippen LogP contribution < -0.4 is 9.62 Å². The van der Waals surface area contributed by atoms with Gasteiger partial charge in [-0.15, -0.1) is 0 Å². The molecule has 2 fully saturated rings. The molecule has 160 valence electrons. The second-order valence-corrected chi connectivity index (χ2v) is 9.57. The number of carbonyl (C=O) groups excluding carboxylic acids is 1. The number of piperidine rings is 1. The van der Waals surface area contributed by atoms with Gasteiger partial charge < -0.3 is 9.80 Å². The highest BCUT2D eigenvalue weighted by molar-refractivity contribution is 7.89. The summed E-state index contributed by atoms with van der Waals surface area (Å²) in [6.07, 6.45) is 3.36. The molecule has 0 aliphatic carbocycles. The van der Waals surface area contributed by atoms with Gasteiger partial charge in [0.25, 0.3) is 5.91 Å². The predicted molar refractivity (Wildman–Crippen MR) is 114 cm³/mol. The minimum Gasteiger partial charge on any atom is -0.371 e. The number of halogens is 1. The fraction of sp³-hybridized carbons (Fsp3) is 0.409. The molecule has 1 N–H and O–H groups in total. The van der Waals surface area contributed by atoms with Gasteiger partial charge in [-0.1, -0.05) is 12.1 Å². The van der Waals surface area contributed by atoms with Crippen molar-refractivity contribution in [2.45, 2.75) is 36.6 Å². The lowest BCUT2D eigenvalue weighted by atomic mass is 10.0. The first kappa shape index (κ1) is 20.8. The maximum absolute atomic E-state index is 13.1. The third kappa shape index (κ3) is 4.49. The Morgan fingerprint density at radius 1 is 0.933 bits per heavy atom. The van der Waals surface area contributed by atoms with E-state index in [-0.39, 0.29) is 16.8 Å². The molecule has 2 aromatic rings. The molecule has 0 radical (unpaired) electrons. The molecule has 2 heterocycles. The third-order valence-electron chi connectivity index (χ3n) is 5.81. The zero-order chi connectivity index (χ0) is 21.1.